The standard InChI is InChI=1S/C12H16BO7.2Na/c1-19-9-3-2-7-6-8(4-5-14)13(17,18)20-11(7)10(9)12(15)16;;/h2-3,8,14,17-18H,4-6H2,1H3,(H,15,16);;/q-1;2*+1/p-1/t8-;;/m0../s1. The molecule has 22 heavy (non-hydrogen) atoms. The number of aliphatic hydroxyl groups excluding tert-OH is 1. The van der Waals surface area contributed by atoms with Gasteiger partial charge in [0, 0.05) is 6.61 Å². The van der Waals surface area contributed by atoms with Gasteiger partial charge in [0.2, 0.25) is 0 Å². The molecular weight excluding hydrogens is 313 g/mol. The van der Waals surface area contributed by atoms with Crippen molar-refractivity contribution in [2.24, 2.45) is 0 Å². The van der Waals surface area contributed by atoms with Gasteiger partial charge in [-0.3, -0.25) is 0 Å². The fraction of sp³-hybridized carbons (Fsp3) is 0.417. The Balaban J connectivity index is 0.00000220. The number of fused-ring (bicyclic) bond motifs is 1. The number of carbonyl (C=O) groups excluding carboxylic acids is 1. The second kappa shape index (κ2) is 8.91. The number of hydrogen-bond donors (Lipinski definition) is 3. The van der Waals surface area contributed by atoms with Gasteiger partial charge in [0.1, 0.15) is 5.75 Å². The number of aliphatic hydroxyl groups is 1. The van der Waals surface area contributed by atoms with Crippen LogP contribution in [0.2, 0.25) is 5.82 Å². The number of methoxy groups -OCH3 is 1. The number of carbonyl (C=O) groups is 1. The normalized spacial score (nSPS) is 18.1. The van der Waals surface area contributed by atoms with Crippen molar-refractivity contribution in [1.29, 1.82) is 0 Å². The molecule has 0 aliphatic carbocycles. The molecule has 0 saturated heterocycles. The van der Waals surface area contributed by atoms with Crippen molar-refractivity contribution < 1.29 is 93.6 Å². The van der Waals surface area contributed by atoms with Crippen LogP contribution in [0.25, 0.3) is 0 Å². The van der Waals surface area contributed by atoms with Crippen LogP contribution in [0.5, 0.6) is 11.5 Å². The van der Waals surface area contributed by atoms with Gasteiger partial charge < -0.3 is 34.4 Å². The SMILES string of the molecule is COc1ccc2c(c1C(=O)[O-])O[B-](O)(O)[C@@H](CCO)C2.[Na+].[Na+]. The monoisotopic (exact) mass is 328 g/mol. The van der Waals surface area contributed by atoms with Gasteiger partial charge in [-0.15, -0.1) is 0 Å². The van der Waals surface area contributed by atoms with Gasteiger partial charge in [0.15, 0.2) is 0 Å². The van der Waals surface area contributed by atoms with E-state index in [0.29, 0.717) is 5.56 Å². The van der Waals surface area contributed by atoms with Crippen LogP contribution < -0.4 is 73.6 Å². The third-order valence-electron chi connectivity index (χ3n) is 3.51. The second-order valence-electron chi connectivity index (χ2n) is 4.77. The van der Waals surface area contributed by atoms with Crippen LogP contribution in [0, 0.1) is 0 Å². The summed E-state index contributed by atoms with van der Waals surface area (Å²) in [5.74, 6) is -2.35. The van der Waals surface area contributed by atoms with Gasteiger partial charge in [-0.05, 0) is 18.1 Å². The van der Waals surface area contributed by atoms with Crippen molar-refractivity contribution in [3.8, 4) is 11.5 Å². The molecule has 0 amide bonds. The summed E-state index contributed by atoms with van der Waals surface area (Å²) in [5.41, 5.74) is 0.158. The Morgan fingerprint density at radius 2 is 2.09 bits per heavy atom. The molecule has 0 unspecified atom stereocenters. The van der Waals surface area contributed by atoms with Gasteiger partial charge in [-0.1, -0.05) is 18.3 Å². The molecular formula is C12H15BNa2O7. The summed E-state index contributed by atoms with van der Waals surface area (Å²) >= 11 is 0. The minimum Gasteiger partial charge on any atom is -0.669 e. The van der Waals surface area contributed by atoms with Gasteiger partial charge in [-0.25, -0.2) is 0 Å². The topological polar surface area (TPSA) is 119 Å². The molecule has 0 spiro atoms. The molecule has 1 heterocycles. The van der Waals surface area contributed by atoms with Crippen LogP contribution in [0.1, 0.15) is 22.3 Å². The number of aromatic carboxylic acids is 1. The average Bonchev–Trinajstić information content (AvgIpc) is 2.37. The van der Waals surface area contributed by atoms with Crippen LogP contribution in [-0.4, -0.2) is 41.6 Å². The summed E-state index contributed by atoms with van der Waals surface area (Å²) in [6.45, 7) is -3.48. The fourth-order valence-corrected chi connectivity index (χ4v) is 2.46. The third-order valence-corrected chi connectivity index (χ3v) is 3.51. The van der Waals surface area contributed by atoms with Gasteiger partial charge in [-0.2, -0.15) is 0 Å². The predicted molar refractivity (Wildman–Crippen MR) is 67.3 cm³/mol. The van der Waals surface area contributed by atoms with Gasteiger partial charge in [0.25, 0.3) is 0 Å². The van der Waals surface area contributed by atoms with E-state index < -0.39 is 18.5 Å². The molecule has 0 radical (unpaired) electrons. The average molecular weight is 328 g/mol. The number of ether oxygens (including phenoxy) is 1. The Bertz CT molecular complexity index is 538. The Labute approximate surface area is 172 Å². The maximum absolute atomic E-state index is 11.2. The molecule has 3 N–H and O–H groups in total. The molecule has 110 valence electrons. The van der Waals surface area contributed by atoms with Crippen molar-refractivity contribution in [3.63, 3.8) is 0 Å². The van der Waals surface area contributed by atoms with Crippen LogP contribution in [0.15, 0.2) is 12.1 Å². The molecule has 1 aliphatic rings. The first kappa shape index (κ1) is 22.2. The van der Waals surface area contributed by atoms with E-state index in [0.717, 1.165) is 0 Å². The Morgan fingerprint density at radius 1 is 1.45 bits per heavy atom. The first-order chi connectivity index (χ1) is 9.40. The first-order valence-corrected chi connectivity index (χ1v) is 6.21. The van der Waals surface area contributed by atoms with Crippen molar-refractivity contribution in [3.05, 3.63) is 23.3 Å². The van der Waals surface area contributed by atoms with Crippen molar-refractivity contribution in [2.45, 2.75) is 18.7 Å². The zero-order chi connectivity index (χ0) is 14.9. The van der Waals surface area contributed by atoms with E-state index in [1.165, 1.54) is 13.2 Å². The maximum atomic E-state index is 11.2. The molecule has 1 aromatic carbocycles. The summed E-state index contributed by atoms with van der Waals surface area (Å²) < 4.78 is 10.00. The number of benzene rings is 1. The van der Waals surface area contributed by atoms with E-state index in [4.69, 9.17) is 14.5 Å². The number of rotatable bonds is 4. The van der Waals surface area contributed by atoms with Crippen molar-refractivity contribution >= 4 is 12.7 Å². The quantitative estimate of drug-likeness (QED) is 0.470. The summed E-state index contributed by atoms with van der Waals surface area (Å²) in [5, 5.41) is 40.0. The van der Waals surface area contributed by atoms with E-state index in [1.54, 1.807) is 6.07 Å². The Morgan fingerprint density at radius 3 is 2.59 bits per heavy atom. The molecule has 2 rings (SSSR count). The van der Waals surface area contributed by atoms with E-state index in [-0.39, 0.29) is 95.6 Å². The molecule has 1 aliphatic heterocycles. The molecule has 0 saturated carbocycles. The Hall–Kier alpha value is 0.235. The van der Waals surface area contributed by atoms with Crippen LogP contribution in [0.4, 0.5) is 0 Å². The molecule has 0 fully saturated rings. The summed E-state index contributed by atoms with van der Waals surface area (Å²) in [7, 11) is 1.29. The molecule has 7 nitrogen and oxygen atoms in total. The maximum Gasteiger partial charge on any atom is 1.00 e. The first-order valence-electron chi connectivity index (χ1n) is 6.21. The molecule has 1 atom stereocenters. The van der Waals surface area contributed by atoms with Crippen LogP contribution in [0.3, 0.4) is 0 Å². The van der Waals surface area contributed by atoms with Crippen molar-refractivity contribution in [2.75, 3.05) is 13.7 Å². The van der Waals surface area contributed by atoms with E-state index in [9.17, 15) is 19.9 Å². The zero-order valence-electron chi connectivity index (χ0n) is 12.9. The second-order valence-corrected chi connectivity index (χ2v) is 4.77. The van der Waals surface area contributed by atoms with E-state index in [1.807, 2.05) is 0 Å². The Kier molecular flexibility index (Phi) is 9.01. The minimum atomic E-state index is -3.25. The molecule has 0 aromatic heterocycles. The van der Waals surface area contributed by atoms with Crippen LogP contribution in [-0.2, 0) is 6.42 Å². The minimum absolute atomic E-state index is 0. The molecule has 1 aromatic rings. The summed E-state index contributed by atoms with van der Waals surface area (Å²) in [6, 6.07) is 3.05. The van der Waals surface area contributed by atoms with Crippen molar-refractivity contribution in [1.82, 2.24) is 0 Å². The smallest absolute Gasteiger partial charge is 0.669 e. The number of hydrogen-bond acceptors (Lipinski definition) is 7. The summed E-state index contributed by atoms with van der Waals surface area (Å²) in [4.78, 5) is 11.2. The largest absolute Gasteiger partial charge is 1.00 e. The van der Waals surface area contributed by atoms with Crippen LogP contribution >= 0.6 is 0 Å². The molecule has 0 bridgehead atoms. The number of carboxylic acid groups (broad SMARTS) is 1. The van der Waals surface area contributed by atoms with E-state index >= 15 is 0 Å². The third kappa shape index (κ3) is 4.40. The van der Waals surface area contributed by atoms with Gasteiger partial charge in [0.05, 0.1) is 24.4 Å². The molecule has 10 heteroatoms. The van der Waals surface area contributed by atoms with Gasteiger partial charge >= 0.3 is 65.9 Å². The zero-order valence-corrected chi connectivity index (χ0v) is 16.9. The number of carboxylic acids is 1. The fourth-order valence-electron chi connectivity index (χ4n) is 2.46. The predicted octanol–water partition coefficient (Wildman–Crippen LogP) is -7.32. The van der Waals surface area contributed by atoms with E-state index in [2.05, 4.69) is 0 Å². The summed E-state index contributed by atoms with van der Waals surface area (Å²) in [6.07, 6.45) is 0.326.